The molecule has 3 nitrogen and oxygen atoms in total. The Bertz CT molecular complexity index is 722. The Kier molecular flexibility index (Phi) is 4.16. The fourth-order valence-corrected chi connectivity index (χ4v) is 3.10. The highest BCUT2D eigenvalue weighted by Gasteiger charge is 2.11. The lowest BCUT2D eigenvalue weighted by Crippen LogP contribution is -2.02. The van der Waals surface area contributed by atoms with E-state index >= 15 is 0 Å². The van der Waals surface area contributed by atoms with E-state index in [9.17, 15) is 8.60 Å². The molecule has 0 saturated carbocycles. The molecule has 0 aliphatic carbocycles. The van der Waals surface area contributed by atoms with Gasteiger partial charge in [-0.05, 0) is 42.3 Å². The van der Waals surface area contributed by atoms with Crippen molar-refractivity contribution in [3.8, 4) is 6.07 Å². The van der Waals surface area contributed by atoms with Gasteiger partial charge in [0.05, 0.1) is 27.0 Å². The van der Waals surface area contributed by atoms with E-state index in [1.807, 2.05) is 13.0 Å². The second-order valence-electron chi connectivity index (χ2n) is 4.46. The van der Waals surface area contributed by atoms with Crippen molar-refractivity contribution in [1.29, 1.82) is 5.26 Å². The molecule has 0 saturated heterocycles. The molecule has 1 unspecified atom stereocenters. The first kappa shape index (κ1) is 14.2. The Labute approximate surface area is 119 Å². The average molecular weight is 288 g/mol. The molecule has 0 heterocycles. The molecule has 0 aromatic heterocycles. The van der Waals surface area contributed by atoms with Crippen molar-refractivity contribution < 1.29 is 8.60 Å². The quantitative estimate of drug-likeness (QED) is 0.883. The molecule has 0 radical (unpaired) electrons. The second kappa shape index (κ2) is 5.85. The Balaban J connectivity index is 2.28. The molecule has 0 fully saturated rings. The fraction of sp³-hybridized carbons (Fsp3) is 0.133. The third kappa shape index (κ3) is 3.03. The number of hydrogen-bond donors (Lipinski definition) is 1. The molecule has 0 aliphatic rings. The third-order valence-corrected chi connectivity index (χ3v) is 4.30. The lowest BCUT2D eigenvalue weighted by molar-refractivity contribution is 0.623. The smallest absolute Gasteiger partial charge is 0.140 e. The van der Waals surface area contributed by atoms with E-state index in [2.05, 4.69) is 0 Å². The number of benzene rings is 2. The fourth-order valence-electron chi connectivity index (χ4n) is 1.82. The Morgan fingerprint density at radius 3 is 2.75 bits per heavy atom. The van der Waals surface area contributed by atoms with Crippen LogP contribution in [0, 0.1) is 24.1 Å². The van der Waals surface area contributed by atoms with Crippen LogP contribution in [-0.4, -0.2) is 4.21 Å². The van der Waals surface area contributed by atoms with E-state index in [0.717, 1.165) is 5.56 Å². The highest BCUT2D eigenvalue weighted by atomic mass is 32.2. The van der Waals surface area contributed by atoms with Gasteiger partial charge in [0.25, 0.3) is 0 Å². The number of halogens is 1. The van der Waals surface area contributed by atoms with Crippen molar-refractivity contribution >= 4 is 16.5 Å². The third-order valence-electron chi connectivity index (χ3n) is 2.86. The molecule has 0 bridgehead atoms. The standard InChI is InChI=1S/C15H13FN2OS/c1-10-2-5-14(18)15(6-10)20(19)9-11-3-4-13(16)12(7-11)8-17/h2-7H,9,18H2,1H3. The number of nitriles is 1. The predicted octanol–water partition coefficient (Wildman–Crippen LogP) is 2.90. The topological polar surface area (TPSA) is 66.9 Å². The zero-order valence-corrected chi connectivity index (χ0v) is 11.7. The molecule has 102 valence electrons. The highest BCUT2D eigenvalue weighted by Crippen LogP contribution is 2.21. The highest BCUT2D eigenvalue weighted by molar-refractivity contribution is 7.84. The van der Waals surface area contributed by atoms with E-state index in [0.29, 0.717) is 16.1 Å². The minimum Gasteiger partial charge on any atom is -0.398 e. The van der Waals surface area contributed by atoms with Crippen LogP contribution in [0.1, 0.15) is 16.7 Å². The van der Waals surface area contributed by atoms with Gasteiger partial charge in [0.2, 0.25) is 0 Å². The number of nitrogen functional groups attached to an aromatic ring is 1. The minimum atomic E-state index is -1.33. The number of aryl methyl sites for hydroxylation is 1. The zero-order chi connectivity index (χ0) is 14.7. The van der Waals surface area contributed by atoms with Crippen LogP contribution in [-0.2, 0) is 16.6 Å². The van der Waals surface area contributed by atoms with Crippen LogP contribution >= 0.6 is 0 Å². The molecule has 0 spiro atoms. The van der Waals surface area contributed by atoms with Gasteiger partial charge >= 0.3 is 0 Å². The van der Waals surface area contributed by atoms with Crippen LogP contribution < -0.4 is 5.73 Å². The monoisotopic (exact) mass is 288 g/mol. The largest absolute Gasteiger partial charge is 0.398 e. The van der Waals surface area contributed by atoms with E-state index in [1.54, 1.807) is 18.2 Å². The van der Waals surface area contributed by atoms with Gasteiger partial charge in [-0.25, -0.2) is 4.39 Å². The molecule has 0 aliphatic heterocycles. The Morgan fingerprint density at radius 2 is 2.05 bits per heavy atom. The van der Waals surface area contributed by atoms with Gasteiger partial charge in [-0.15, -0.1) is 0 Å². The van der Waals surface area contributed by atoms with Crippen LogP contribution in [0.2, 0.25) is 0 Å². The number of nitrogens with zero attached hydrogens (tertiary/aromatic N) is 1. The van der Waals surface area contributed by atoms with Gasteiger partial charge in [0.1, 0.15) is 11.9 Å². The molecule has 2 rings (SSSR count). The number of rotatable bonds is 3. The summed E-state index contributed by atoms with van der Waals surface area (Å²) in [6, 6.07) is 11.3. The molecular weight excluding hydrogens is 275 g/mol. The summed E-state index contributed by atoms with van der Waals surface area (Å²) in [5, 5.41) is 8.79. The summed E-state index contributed by atoms with van der Waals surface area (Å²) in [6.45, 7) is 1.89. The maximum Gasteiger partial charge on any atom is 0.140 e. The molecule has 1 atom stereocenters. The molecule has 2 aromatic rings. The first-order valence-corrected chi connectivity index (χ1v) is 7.26. The van der Waals surface area contributed by atoms with Crippen LogP contribution in [0.15, 0.2) is 41.3 Å². The maximum absolute atomic E-state index is 13.2. The molecule has 2 N–H and O–H groups in total. The predicted molar refractivity (Wildman–Crippen MR) is 76.8 cm³/mol. The summed E-state index contributed by atoms with van der Waals surface area (Å²) >= 11 is 0. The summed E-state index contributed by atoms with van der Waals surface area (Å²) in [4.78, 5) is 0.563. The second-order valence-corrected chi connectivity index (χ2v) is 5.88. The van der Waals surface area contributed by atoms with Crippen molar-refractivity contribution in [2.75, 3.05) is 5.73 Å². The lowest BCUT2D eigenvalue weighted by atomic mass is 10.1. The SMILES string of the molecule is Cc1ccc(N)c(S(=O)Cc2ccc(F)c(C#N)c2)c1. The van der Waals surface area contributed by atoms with E-state index in [-0.39, 0.29) is 11.3 Å². The Morgan fingerprint density at radius 1 is 1.30 bits per heavy atom. The zero-order valence-electron chi connectivity index (χ0n) is 10.9. The van der Waals surface area contributed by atoms with Gasteiger partial charge < -0.3 is 5.73 Å². The molecule has 20 heavy (non-hydrogen) atoms. The van der Waals surface area contributed by atoms with Gasteiger partial charge in [0, 0.05) is 5.69 Å². The van der Waals surface area contributed by atoms with Crippen molar-refractivity contribution in [1.82, 2.24) is 0 Å². The van der Waals surface area contributed by atoms with Crippen molar-refractivity contribution in [2.24, 2.45) is 0 Å². The average Bonchev–Trinajstić information content (AvgIpc) is 2.43. The van der Waals surface area contributed by atoms with Crippen LogP contribution in [0.4, 0.5) is 10.1 Å². The van der Waals surface area contributed by atoms with Crippen molar-refractivity contribution in [3.63, 3.8) is 0 Å². The summed E-state index contributed by atoms with van der Waals surface area (Å²) in [5.41, 5.74) is 7.86. The summed E-state index contributed by atoms with van der Waals surface area (Å²) < 4.78 is 25.6. The molecule has 2 aromatic carbocycles. The van der Waals surface area contributed by atoms with E-state index in [4.69, 9.17) is 11.0 Å². The number of anilines is 1. The first-order valence-electron chi connectivity index (χ1n) is 5.94. The molecule has 5 heteroatoms. The minimum absolute atomic E-state index is 0.0447. The van der Waals surface area contributed by atoms with Gasteiger partial charge in [-0.3, -0.25) is 4.21 Å². The summed E-state index contributed by atoms with van der Waals surface area (Å²) in [7, 11) is -1.33. The van der Waals surface area contributed by atoms with Crippen molar-refractivity contribution in [2.45, 2.75) is 17.6 Å². The normalized spacial score (nSPS) is 11.8. The van der Waals surface area contributed by atoms with Crippen molar-refractivity contribution in [3.05, 3.63) is 58.9 Å². The van der Waals surface area contributed by atoms with E-state index < -0.39 is 16.6 Å². The summed E-state index contributed by atoms with van der Waals surface area (Å²) in [5.74, 6) is -0.375. The number of nitrogens with two attached hydrogens (primary N) is 1. The van der Waals surface area contributed by atoms with E-state index in [1.165, 1.54) is 18.2 Å². The first-order chi connectivity index (χ1) is 9.51. The number of hydrogen-bond acceptors (Lipinski definition) is 3. The van der Waals surface area contributed by atoms with Gasteiger partial charge in [-0.1, -0.05) is 12.1 Å². The summed E-state index contributed by atoms with van der Waals surface area (Å²) in [6.07, 6.45) is 0. The molecular formula is C15H13FN2OS. The van der Waals surface area contributed by atoms with Crippen LogP contribution in [0.5, 0.6) is 0 Å². The molecule has 0 amide bonds. The van der Waals surface area contributed by atoms with Crippen LogP contribution in [0.3, 0.4) is 0 Å². The van der Waals surface area contributed by atoms with Gasteiger partial charge in [-0.2, -0.15) is 5.26 Å². The van der Waals surface area contributed by atoms with Crippen LogP contribution in [0.25, 0.3) is 0 Å². The van der Waals surface area contributed by atoms with Gasteiger partial charge in [0.15, 0.2) is 0 Å². The Hall–Kier alpha value is -2.19. The lowest BCUT2D eigenvalue weighted by Gasteiger charge is -2.07. The maximum atomic E-state index is 13.2.